The van der Waals surface area contributed by atoms with Crippen molar-refractivity contribution in [2.24, 2.45) is 5.92 Å². The van der Waals surface area contributed by atoms with E-state index in [0.29, 0.717) is 13.0 Å². The number of aliphatic hydroxyl groups excluding tert-OH is 1. The van der Waals surface area contributed by atoms with Gasteiger partial charge in [0.1, 0.15) is 0 Å². The second kappa shape index (κ2) is 8.33. The summed E-state index contributed by atoms with van der Waals surface area (Å²) in [6.07, 6.45) is -0.628. The predicted molar refractivity (Wildman–Crippen MR) is 86.4 cm³/mol. The summed E-state index contributed by atoms with van der Waals surface area (Å²) in [6, 6.07) is 4.18. The Bertz CT molecular complexity index is 596. The Hall–Kier alpha value is -2.09. The second-order valence-corrected chi connectivity index (χ2v) is 6.49. The van der Waals surface area contributed by atoms with Crippen molar-refractivity contribution < 1.29 is 33.3 Å². The summed E-state index contributed by atoms with van der Waals surface area (Å²) in [5, 5.41) is 18.6. The van der Waals surface area contributed by atoms with E-state index < -0.39 is 18.7 Å². The van der Waals surface area contributed by atoms with Gasteiger partial charge in [0.2, 0.25) is 0 Å². The SMILES string of the molecule is CC(C)COc1cc([C@@H]2C[C@H](CO)N(C(=O)O)C2)ccc1OC(F)F. The average Bonchev–Trinajstić information content (AvgIpc) is 2.98. The van der Waals surface area contributed by atoms with E-state index in [9.17, 15) is 23.8 Å². The molecule has 140 valence electrons. The Balaban J connectivity index is 2.23. The molecule has 6 nitrogen and oxygen atoms in total. The van der Waals surface area contributed by atoms with Gasteiger partial charge in [0, 0.05) is 12.5 Å². The molecule has 1 saturated heterocycles. The molecule has 1 amide bonds. The molecule has 1 aromatic rings. The summed E-state index contributed by atoms with van der Waals surface area (Å²) in [4.78, 5) is 12.5. The van der Waals surface area contributed by atoms with Gasteiger partial charge in [0.25, 0.3) is 0 Å². The van der Waals surface area contributed by atoms with Crippen LogP contribution in [0.5, 0.6) is 11.5 Å². The first-order chi connectivity index (χ1) is 11.8. The lowest BCUT2D eigenvalue weighted by molar-refractivity contribution is -0.0516. The summed E-state index contributed by atoms with van der Waals surface area (Å²) in [5.41, 5.74) is 0.766. The zero-order chi connectivity index (χ0) is 18.6. The van der Waals surface area contributed by atoms with Crippen LogP contribution in [0.4, 0.5) is 13.6 Å². The van der Waals surface area contributed by atoms with Crippen molar-refractivity contribution in [1.29, 1.82) is 0 Å². The number of benzene rings is 1. The highest BCUT2D eigenvalue weighted by Gasteiger charge is 2.35. The molecule has 2 atom stereocenters. The van der Waals surface area contributed by atoms with Gasteiger partial charge in [0.15, 0.2) is 11.5 Å². The van der Waals surface area contributed by atoms with E-state index in [-0.39, 0.29) is 36.5 Å². The monoisotopic (exact) mass is 359 g/mol. The summed E-state index contributed by atoms with van der Waals surface area (Å²) >= 11 is 0. The number of carboxylic acid groups (broad SMARTS) is 1. The van der Waals surface area contributed by atoms with Crippen LogP contribution in [0.3, 0.4) is 0 Å². The van der Waals surface area contributed by atoms with Gasteiger partial charge in [-0.2, -0.15) is 8.78 Å². The lowest BCUT2D eigenvalue weighted by Gasteiger charge is -2.18. The minimum Gasteiger partial charge on any atom is -0.489 e. The van der Waals surface area contributed by atoms with E-state index in [1.807, 2.05) is 13.8 Å². The van der Waals surface area contributed by atoms with Crippen molar-refractivity contribution in [3.63, 3.8) is 0 Å². The number of aliphatic hydroxyl groups is 1. The van der Waals surface area contributed by atoms with Crippen LogP contribution in [0.2, 0.25) is 0 Å². The molecule has 1 aromatic carbocycles. The van der Waals surface area contributed by atoms with Gasteiger partial charge < -0.3 is 24.6 Å². The highest BCUT2D eigenvalue weighted by molar-refractivity contribution is 5.66. The number of amides is 1. The molecule has 0 saturated carbocycles. The molecule has 0 aromatic heterocycles. The van der Waals surface area contributed by atoms with Crippen LogP contribution in [0.1, 0.15) is 31.7 Å². The van der Waals surface area contributed by atoms with E-state index in [1.165, 1.54) is 11.0 Å². The first kappa shape index (κ1) is 19.2. The number of rotatable bonds is 7. The smallest absolute Gasteiger partial charge is 0.407 e. The lowest BCUT2D eigenvalue weighted by Crippen LogP contribution is -2.36. The van der Waals surface area contributed by atoms with Gasteiger partial charge in [0.05, 0.1) is 19.3 Å². The third-order valence-electron chi connectivity index (χ3n) is 4.10. The number of nitrogens with zero attached hydrogens (tertiary/aromatic N) is 1. The topological polar surface area (TPSA) is 79.2 Å². The highest BCUT2D eigenvalue weighted by atomic mass is 19.3. The third kappa shape index (κ3) is 4.94. The van der Waals surface area contributed by atoms with E-state index in [2.05, 4.69) is 4.74 Å². The van der Waals surface area contributed by atoms with Crippen LogP contribution in [0.25, 0.3) is 0 Å². The normalized spacial score (nSPS) is 20.4. The molecular formula is C17H23F2NO5. The number of halogens is 2. The summed E-state index contributed by atoms with van der Waals surface area (Å²) in [5.74, 6) is 0.220. The molecule has 0 spiro atoms. The Morgan fingerprint density at radius 1 is 1.36 bits per heavy atom. The molecular weight excluding hydrogens is 336 g/mol. The molecule has 1 fully saturated rings. The van der Waals surface area contributed by atoms with Crippen LogP contribution in [-0.2, 0) is 0 Å². The summed E-state index contributed by atoms with van der Waals surface area (Å²) in [6.45, 7) is 1.23. The largest absolute Gasteiger partial charge is 0.489 e. The van der Waals surface area contributed by atoms with Crippen molar-refractivity contribution in [3.05, 3.63) is 23.8 Å². The van der Waals surface area contributed by atoms with Crippen molar-refractivity contribution in [2.75, 3.05) is 19.8 Å². The van der Waals surface area contributed by atoms with Crippen LogP contribution in [0.15, 0.2) is 18.2 Å². The predicted octanol–water partition coefficient (Wildman–Crippen LogP) is 3.15. The molecule has 1 heterocycles. The van der Waals surface area contributed by atoms with Crippen molar-refractivity contribution in [2.45, 2.75) is 38.8 Å². The molecule has 0 bridgehead atoms. The van der Waals surface area contributed by atoms with Crippen molar-refractivity contribution in [1.82, 2.24) is 4.90 Å². The second-order valence-electron chi connectivity index (χ2n) is 6.49. The maximum atomic E-state index is 12.6. The molecule has 8 heteroatoms. The minimum absolute atomic E-state index is 0.0498. The average molecular weight is 359 g/mol. The molecule has 1 aliphatic heterocycles. The quantitative estimate of drug-likeness (QED) is 0.782. The van der Waals surface area contributed by atoms with E-state index in [4.69, 9.17) is 4.74 Å². The van der Waals surface area contributed by atoms with Crippen LogP contribution in [-0.4, -0.2) is 53.6 Å². The molecule has 1 aliphatic rings. The number of alkyl halides is 2. The van der Waals surface area contributed by atoms with Gasteiger partial charge in [-0.15, -0.1) is 0 Å². The molecule has 0 aliphatic carbocycles. The molecule has 25 heavy (non-hydrogen) atoms. The maximum Gasteiger partial charge on any atom is 0.407 e. The minimum atomic E-state index is -2.96. The number of likely N-dealkylation sites (tertiary alicyclic amines) is 1. The summed E-state index contributed by atoms with van der Waals surface area (Å²) in [7, 11) is 0. The molecule has 2 N–H and O–H groups in total. The zero-order valence-corrected chi connectivity index (χ0v) is 14.2. The molecule has 0 unspecified atom stereocenters. The van der Waals surface area contributed by atoms with Crippen LogP contribution >= 0.6 is 0 Å². The van der Waals surface area contributed by atoms with E-state index in [1.54, 1.807) is 12.1 Å². The highest BCUT2D eigenvalue weighted by Crippen LogP contribution is 2.37. The van der Waals surface area contributed by atoms with E-state index in [0.717, 1.165) is 5.56 Å². The van der Waals surface area contributed by atoms with Crippen molar-refractivity contribution in [3.8, 4) is 11.5 Å². The number of hydrogen-bond acceptors (Lipinski definition) is 4. The van der Waals surface area contributed by atoms with Crippen LogP contribution in [0, 0.1) is 5.92 Å². The lowest BCUT2D eigenvalue weighted by atomic mass is 9.96. The van der Waals surface area contributed by atoms with Gasteiger partial charge in [-0.1, -0.05) is 19.9 Å². The Kier molecular flexibility index (Phi) is 6.41. The number of ether oxygens (including phenoxy) is 2. The fraction of sp³-hybridized carbons (Fsp3) is 0.588. The summed E-state index contributed by atoms with van der Waals surface area (Å²) < 4.78 is 35.2. The third-order valence-corrected chi connectivity index (χ3v) is 4.10. The number of carbonyl (C=O) groups is 1. The van der Waals surface area contributed by atoms with Gasteiger partial charge in [-0.25, -0.2) is 4.79 Å². The Morgan fingerprint density at radius 2 is 2.08 bits per heavy atom. The fourth-order valence-electron chi connectivity index (χ4n) is 2.91. The van der Waals surface area contributed by atoms with E-state index >= 15 is 0 Å². The molecule has 0 radical (unpaired) electrons. The standard InChI is InChI=1S/C17H23F2NO5/c1-10(2)9-24-15-6-11(3-4-14(15)25-16(18)19)12-5-13(8-21)20(7-12)17(22)23/h3-4,6,10,12-13,16,21H,5,7-9H2,1-2H3,(H,22,23)/t12-,13-/m1/s1. The maximum absolute atomic E-state index is 12.6. The zero-order valence-electron chi connectivity index (χ0n) is 14.2. The van der Waals surface area contributed by atoms with Crippen molar-refractivity contribution >= 4 is 6.09 Å². The number of hydrogen-bond donors (Lipinski definition) is 2. The fourth-order valence-corrected chi connectivity index (χ4v) is 2.91. The Labute approximate surface area is 145 Å². The van der Waals surface area contributed by atoms with Gasteiger partial charge >= 0.3 is 12.7 Å². The first-order valence-corrected chi connectivity index (χ1v) is 8.13. The first-order valence-electron chi connectivity index (χ1n) is 8.13. The Morgan fingerprint density at radius 3 is 2.60 bits per heavy atom. The van der Waals surface area contributed by atoms with Gasteiger partial charge in [-0.05, 0) is 30.0 Å². The van der Waals surface area contributed by atoms with Crippen LogP contribution < -0.4 is 9.47 Å². The molecule has 2 rings (SSSR count). The van der Waals surface area contributed by atoms with Gasteiger partial charge in [-0.3, -0.25) is 0 Å².